The van der Waals surface area contributed by atoms with Crippen LogP contribution in [0.5, 0.6) is 5.75 Å². The minimum Gasteiger partial charge on any atom is -0.405 e. The van der Waals surface area contributed by atoms with Crippen LogP contribution < -0.4 is 4.74 Å². The normalized spacial score (nSPS) is 11.2. The van der Waals surface area contributed by atoms with Crippen molar-refractivity contribution >= 4 is 5.78 Å². The summed E-state index contributed by atoms with van der Waals surface area (Å²) >= 11 is 0. The summed E-state index contributed by atoms with van der Waals surface area (Å²) in [5.74, 6) is -0.350. The summed E-state index contributed by atoms with van der Waals surface area (Å²) in [5, 5.41) is 0. The molecule has 2 nitrogen and oxygen atoms in total. The Balaban J connectivity index is 2.45. The van der Waals surface area contributed by atoms with Crippen LogP contribution in [-0.2, 0) is 0 Å². The lowest BCUT2D eigenvalue weighted by Gasteiger charge is -2.13. The van der Waals surface area contributed by atoms with Crippen molar-refractivity contribution < 1.29 is 22.7 Å². The highest BCUT2D eigenvalue weighted by Crippen LogP contribution is 2.34. The molecule has 0 saturated heterocycles. The lowest BCUT2D eigenvalue weighted by atomic mass is 10.00. The summed E-state index contributed by atoms with van der Waals surface area (Å²) in [6.45, 7) is 1.73. The molecule has 0 atom stereocenters. The molecule has 0 aromatic heterocycles. The highest BCUT2D eigenvalue weighted by Gasteiger charge is 2.32. The predicted molar refractivity (Wildman–Crippen MR) is 73.2 cm³/mol. The van der Waals surface area contributed by atoms with Crippen molar-refractivity contribution in [3.8, 4) is 16.9 Å². The van der Waals surface area contributed by atoms with Gasteiger partial charge in [0.2, 0.25) is 0 Å². The molecule has 0 aliphatic rings. The van der Waals surface area contributed by atoms with Gasteiger partial charge in [-0.2, -0.15) is 0 Å². The second-order valence-corrected chi connectivity index (χ2v) is 4.40. The van der Waals surface area contributed by atoms with Gasteiger partial charge in [-0.1, -0.05) is 43.3 Å². The Morgan fingerprint density at radius 3 is 2.48 bits per heavy atom. The maximum Gasteiger partial charge on any atom is 0.573 e. The van der Waals surface area contributed by atoms with Crippen molar-refractivity contribution in [2.24, 2.45) is 0 Å². The van der Waals surface area contributed by atoms with Gasteiger partial charge in [0, 0.05) is 17.5 Å². The number of carbonyl (C=O) groups excluding carboxylic acids is 1. The number of ketones is 1. The Labute approximate surface area is 120 Å². The molecule has 2 rings (SSSR count). The van der Waals surface area contributed by atoms with Crippen LogP contribution in [0.3, 0.4) is 0 Å². The van der Waals surface area contributed by atoms with Crippen molar-refractivity contribution in [3.05, 3.63) is 54.1 Å². The third kappa shape index (κ3) is 3.84. The lowest BCUT2D eigenvalue weighted by Crippen LogP contribution is -2.17. The molecule has 0 spiro atoms. The number of para-hydroxylation sites is 1. The van der Waals surface area contributed by atoms with Gasteiger partial charge in [-0.3, -0.25) is 4.79 Å². The molecule has 0 bridgehead atoms. The van der Waals surface area contributed by atoms with Gasteiger partial charge < -0.3 is 4.74 Å². The molecule has 21 heavy (non-hydrogen) atoms. The zero-order valence-corrected chi connectivity index (χ0v) is 11.3. The van der Waals surface area contributed by atoms with Crippen LogP contribution in [-0.4, -0.2) is 12.1 Å². The Morgan fingerprint density at radius 2 is 1.81 bits per heavy atom. The largest absolute Gasteiger partial charge is 0.573 e. The van der Waals surface area contributed by atoms with E-state index in [2.05, 4.69) is 4.74 Å². The average Bonchev–Trinajstić information content (AvgIpc) is 2.45. The molecule has 0 unspecified atom stereocenters. The van der Waals surface area contributed by atoms with E-state index in [-0.39, 0.29) is 11.5 Å². The van der Waals surface area contributed by atoms with E-state index in [0.717, 1.165) is 0 Å². The third-order valence-corrected chi connectivity index (χ3v) is 2.93. The van der Waals surface area contributed by atoms with Crippen molar-refractivity contribution in [1.29, 1.82) is 0 Å². The quantitative estimate of drug-likeness (QED) is 0.754. The van der Waals surface area contributed by atoms with Crippen LogP contribution in [0.15, 0.2) is 48.5 Å². The minimum atomic E-state index is -4.76. The summed E-state index contributed by atoms with van der Waals surface area (Å²) in [5.41, 5.74) is 1.27. The molecule has 0 aliphatic carbocycles. The van der Waals surface area contributed by atoms with Crippen LogP contribution >= 0.6 is 0 Å². The number of halogens is 3. The Bertz CT molecular complexity index is 648. The van der Waals surface area contributed by atoms with E-state index in [1.165, 1.54) is 18.2 Å². The Kier molecular flexibility index (Phi) is 4.31. The number of ether oxygens (including phenoxy) is 1. The van der Waals surface area contributed by atoms with Crippen LogP contribution in [0.2, 0.25) is 0 Å². The van der Waals surface area contributed by atoms with Crippen LogP contribution in [0.1, 0.15) is 23.7 Å². The average molecular weight is 294 g/mol. The molecule has 0 amide bonds. The van der Waals surface area contributed by atoms with Crippen LogP contribution in [0, 0.1) is 0 Å². The molecule has 5 heteroatoms. The first kappa shape index (κ1) is 15.1. The van der Waals surface area contributed by atoms with Gasteiger partial charge in [0.05, 0.1) is 0 Å². The number of alkyl halides is 3. The second-order valence-electron chi connectivity index (χ2n) is 4.40. The maximum atomic E-state index is 12.4. The Hall–Kier alpha value is -2.30. The highest BCUT2D eigenvalue weighted by molar-refractivity contribution is 5.97. The van der Waals surface area contributed by atoms with Gasteiger partial charge in [-0.25, -0.2) is 0 Å². The molecule has 0 N–H and O–H groups in total. The van der Waals surface area contributed by atoms with Crippen LogP contribution in [0.4, 0.5) is 13.2 Å². The SMILES string of the molecule is CCC(=O)c1cccc(-c2ccccc2OC(F)(F)F)c1. The molecule has 0 radical (unpaired) electrons. The monoisotopic (exact) mass is 294 g/mol. The summed E-state index contributed by atoms with van der Waals surface area (Å²) < 4.78 is 41.3. The second kappa shape index (κ2) is 5.99. The van der Waals surface area contributed by atoms with E-state index in [1.807, 2.05) is 0 Å². The van der Waals surface area contributed by atoms with Crippen molar-refractivity contribution in [1.82, 2.24) is 0 Å². The molecular formula is C16H13F3O2. The van der Waals surface area contributed by atoms with Crippen molar-refractivity contribution in [3.63, 3.8) is 0 Å². The molecule has 110 valence electrons. The zero-order valence-electron chi connectivity index (χ0n) is 11.3. The molecule has 0 heterocycles. The number of benzene rings is 2. The number of hydrogen-bond acceptors (Lipinski definition) is 2. The van der Waals surface area contributed by atoms with Gasteiger partial charge in [0.1, 0.15) is 5.75 Å². The van der Waals surface area contributed by atoms with E-state index < -0.39 is 6.36 Å². The first-order chi connectivity index (χ1) is 9.90. The smallest absolute Gasteiger partial charge is 0.405 e. The minimum absolute atomic E-state index is 0.0638. The zero-order chi connectivity index (χ0) is 15.5. The number of hydrogen-bond donors (Lipinski definition) is 0. The summed E-state index contributed by atoms with van der Waals surface area (Å²) in [6.07, 6.45) is -4.42. The van der Waals surface area contributed by atoms with E-state index in [0.29, 0.717) is 23.1 Å². The first-order valence-corrected chi connectivity index (χ1v) is 6.39. The third-order valence-electron chi connectivity index (χ3n) is 2.93. The van der Waals surface area contributed by atoms with Crippen molar-refractivity contribution in [2.75, 3.05) is 0 Å². The van der Waals surface area contributed by atoms with Crippen LogP contribution in [0.25, 0.3) is 11.1 Å². The number of rotatable bonds is 4. The standard InChI is InChI=1S/C16H13F3O2/c1-2-14(20)12-7-5-6-11(10-12)13-8-3-4-9-15(13)21-16(17,18)19/h3-10H,2H2,1H3. The van der Waals surface area contributed by atoms with E-state index >= 15 is 0 Å². The topological polar surface area (TPSA) is 26.3 Å². The fourth-order valence-corrected chi connectivity index (χ4v) is 1.98. The fourth-order valence-electron chi connectivity index (χ4n) is 1.98. The fraction of sp³-hybridized carbons (Fsp3) is 0.188. The summed E-state index contributed by atoms with van der Waals surface area (Å²) in [7, 11) is 0. The number of carbonyl (C=O) groups is 1. The van der Waals surface area contributed by atoms with E-state index in [9.17, 15) is 18.0 Å². The molecular weight excluding hydrogens is 281 g/mol. The first-order valence-electron chi connectivity index (χ1n) is 6.39. The van der Waals surface area contributed by atoms with Gasteiger partial charge >= 0.3 is 6.36 Å². The maximum absolute atomic E-state index is 12.4. The number of Topliss-reactive ketones (excluding diaryl/α,β-unsaturated/α-hetero) is 1. The van der Waals surface area contributed by atoms with Crippen molar-refractivity contribution in [2.45, 2.75) is 19.7 Å². The van der Waals surface area contributed by atoms with Gasteiger partial charge in [0.15, 0.2) is 5.78 Å². The lowest BCUT2D eigenvalue weighted by molar-refractivity contribution is -0.274. The predicted octanol–water partition coefficient (Wildman–Crippen LogP) is 4.84. The van der Waals surface area contributed by atoms with E-state index in [1.54, 1.807) is 37.3 Å². The molecule has 0 fully saturated rings. The van der Waals surface area contributed by atoms with Gasteiger partial charge in [-0.15, -0.1) is 13.2 Å². The van der Waals surface area contributed by atoms with Gasteiger partial charge in [0.25, 0.3) is 0 Å². The molecule has 2 aromatic rings. The summed E-state index contributed by atoms with van der Waals surface area (Å²) in [6, 6.07) is 12.4. The highest BCUT2D eigenvalue weighted by atomic mass is 19.4. The Morgan fingerprint density at radius 1 is 1.10 bits per heavy atom. The van der Waals surface area contributed by atoms with E-state index in [4.69, 9.17) is 0 Å². The summed E-state index contributed by atoms with van der Waals surface area (Å²) in [4.78, 5) is 11.7. The molecule has 0 saturated carbocycles. The molecule has 2 aromatic carbocycles. The van der Waals surface area contributed by atoms with Gasteiger partial charge in [-0.05, 0) is 17.7 Å². The molecule has 0 aliphatic heterocycles.